The van der Waals surface area contributed by atoms with Crippen molar-refractivity contribution in [2.24, 2.45) is 0 Å². The molecular weight excluding hydrogens is 726 g/mol. The topological polar surface area (TPSA) is 226 Å². The molecule has 4 aromatic heterocycles. The molecule has 0 fully saturated rings. The summed E-state index contributed by atoms with van der Waals surface area (Å²) in [6.45, 7) is 1.01. The van der Waals surface area contributed by atoms with Crippen LogP contribution >= 0.6 is 0 Å². The van der Waals surface area contributed by atoms with Gasteiger partial charge in [0.2, 0.25) is 0 Å². The first-order valence-electron chi connectivity index (χ1n) is 17.0. The highest BCUT2D eigenvalue weighted by atomic mass is 19.1. The summed E-state index contributed by atoms with van der Waals surface area (Å²) in [5.74, 6) is -6.64. The van der Waals surface area contributed by atoms with Gasteiger partial charge in [0, 0.05) is 18.1 Å². The molecule has 0 saturated carbocycles. The standard InChI is InChI=1S/C21H15F2N3O5.C16H21N3O5/c22-13-3-1-11(2-4-13)10-25-21(31)18(20(30)24-9-17(27)28)19(29)16-8-12-7-14(23)5-6-15(12)26(16)25;1-2-3-4-5-8-19-16(24)13(15(23)17-10-12(20)21)14(22)11-7-6-9-18(11)19/h1-8,29H,9-10H2,(H,24,30)(H,27,28);6-7,9,22H,2-5,8,10H2,1H3,(H,17,23)(H,20,21). The van der Waals surface area contributed by atoms with Crippen LogP contribution < -0.4 is 21.8 Å². The molecule has 0 atom stereocenters. The summed E-state index contributed by atoms with van der Waals surface area (Å²) in [6, 6.07) is 13.8. The van der Waals surface area contributed by atoms with Crippen LogP contribution in [0.3, 0.4) is 0 Å². The molecule has 4 heterocycles. The SMILES string of the molecule is CCCCCCn1c(=O)c(C(=O)NCC(=O)O)c(O)c2cccn21.O=C(O)CNC(=O)c1c(O)c2cc3cc(F)ccc3n2n(Cc2ccc(F)cc2)c1=O. The van der Waals surface area contributed by atoms with Gasteiger partial charge in [-0.3, -0.25) is 33.3 Å². The van der Waals surface area contributed by atoms with E-state index >= 15 is 0 Å². The Balaban J connectivity index is 0.000000219. The lowest BCUT2D eigenvalue weighted by molar-refractivity contribution is -0.136. The first-order chi connectivity index (χ1) is 26.2. The molecule has 16 nitrogen and oxygen atoms in total. The summed E-state index contributed by atoms with van der Waals surface area (Å²) >= 11 is 0. The van der Waals surface area contributed by atoms with Gasteiger partial charge < -0.3 is 31.1 Å². The predicted octanol–water partition coefficient (Wildman–Crippen LogP) is 3.30. The van der Waals surface area contributed by atoms with Crippen molar-refractivity contribution >= 4 is 45.7 Å². The first-order valence-corrected chi connectivity index (χ1v) is 17.0. The number of aromatic nitrogens is 4. The molecule has 18 heteroatoms. The Morgan fingerprint density at radius 1 is 0.691 bits per heavy atom. The summed E-state index contributed by atoms with van der Waals surface area (Å²) in [4.78, 5) is 71.8. The number of halogens is 2. The van der Waals surface area contributed by atoms with E-state index in [9.17, 15) is 47.8 Å². The number of carboxylic acids is 2. The molecule has 6 aromatic rings. The molecule has 0 spiro atoms. The van der Waals surface area contributed by atoms with Crippen LogP contribution in [-0.2, 0) is 22.7 Å². The van der Waals surface area contributed by atoms with Gasteiger partial charge in [0.1, 0.15) is 46.9 Å². The van der Waals surface area contributed by atoms with Gasteiger partial charge in [-0.15, -0.1) is 0 Å². The highest BCUT2D eigenvalue weighted by molar-refractivity contribution is 6.01. The second-order valence-electron chi connectivity index (χ2n) is 12.4. The second kappa shape index (κ2) is 16.8. The molecule has 0 aliphatic carbocycles. The van der Waals surface area contributed by atoms with Gasteiger partial charge in [-0.2, -0.15) is 0 Å². The molecule has 2 aromatic carbocycles. The fraction of sp³-hybridized carbons (Fsp3) is 0.243. The third-order valence-electron chi connectivity index (χ3n) is 8.55. The average Bonchev–Trinajstić information content (AvgIpc) is 3.78. The van der Waals surface area contributed by atoms with E-state index in [1.807, 2.05) is 0 Å². The molecule has 0 aliphatic heterocycles. The number of aliphatic carboxylic acids is 2. The van der Waals surface area contributed by atoms with Gasteiger partial charge in [-0.25, -0.2) is 22.7 Å². The number of hydrogen-bond donors (Lipinski definition) is 6. The van der Waals surface area contributed by atoms with E-state index in [-0.39, 0.29) is 12.1 Å². The molecule has 0 unspecified atom stereocenters. The highest BCUT2D eigenvalue weighted by Gasteiger charge is 2.25. The van der Waals surface area contributed by atoms with Crippen LogP contribution in [0.25, 0.3) is 21.9 Å². The Hall–Kier alpha value is -6.98. The molecule has 2 amide bonds. The summed E-state index contributed by atoms with van der Waals surface area (Å²) in [5.41, 5.74) is -1.35. The van der Waals surface area contributed by atoms with Gasteiger partial charge in [-0.1, -0.05) is 38.3 Å². The zero-order chi connectivity index (χ0) is 40.0. The molecular formula is C37H36F2N6O10. The molecule has 6 N–H and O–H groups in total. The Kier molecular flexibility index (Phi) is 12.0. The van der Waals surface area contributed by atoms with Crippen LogP contribution in [-0.4, -0.2) is 75.7 Å². The number of carbonyl (C=O) groups is 4. The van der Waals surface area contributed by atoms with Crippen molar-refractivity contribution in [3.8, 4) is 11.5 Å². The number of rotatable bonds is 13. The van der Waals surface area contributed by atoms with Crippen LogP contribution in [0, 0.1) is 11.6 Å². The number of amides is 2. The number of fused-ring (bicyclic) bond motifs is 4. The molecule has 288 valence electrons. The summed E-state index contributed by atoms with van der Waals surface area (Å²) in [6.07, 6.45) is 5.46. The van der Waals surface area contributed by atoms with Crippen molar-refractivity contribution in [2.75, 3.05) is 13.1 Å². The Morgan fingerprint density at radius 2 is 1.27 bits per heavy atom. The Morgan fingerprint density at radius 3 is 1.87 bits per heavy atom. The summed E-state index contributed by atoms with van der Waals surface area (Å²) in [7, 11) is 0. The summed E-state index contributed by atoms with van der Waals surface area (Å²) < 4.78 is 32.4. The minimum atomic E-state index is -1.33. The van der Waals surface area contributed by atoms with Gasteiger partial charge in [-0.05, 0) is 60.5 Å². The van der Waals surface area contributed by atoms with Crippen LogP contribution in [0.15, 0.2) is 76.4 Å². The van der Waals surface area contributed by atoms with Crippen LogP contribution in [0.5, 0.6) is 11.5 Å². The number of aromatic hydroxyl groups is 2. The number of benzene rings is 2. The van der Waals surface area contributed by atoms with E-state index in [4.69, 9.17) is 10.2 Å². The number of carbonyl (C=O) groups excluding carboxylic acids is 2. The number of nitrogens with zero attached hydrogens (tertiary/aromatic N) is 4. The maximum Gasteiger partial charge on any atom is 0.322 e. The highest BCUT2D eigenvalue weighted by Crippen LogP contribution is 2.29. The van der Waals surface area contributed by atoms with Crippen LogP contribution in [0.1, 0.15) is 58.9 Å². The third-order valence-corrected chi connectivity index (χ3v) is 8.55. The maximum absolute atomic E-state index is 13.7. The Labute approximate surface area is 309 Å². The minimum Gasteiger partial charge on any atom is -0.505 e. The van der Waals surface area contributed by atoms with E-state index in [2.05, 4.69) is 17.6 Å². The largest absolute Gasteiger partial charge is 0.505 e. The molecule has 6 rings (SSSR count). The van der Waals surface area contributed by atoms with E-state index < -0.39 is 82.2 Å². The van der Waals surface area contributed by atoms with E-state index in [0.29, 0.717) is 28.5 Å². The monoisotopic (exact) mass is 762 g/mol. The van der Waals surface area contributed by atoms with Crippen molar-refractivity contribution in [3.63, 3.8) is 0 Å². The number of hydrogen-bond acceptors (Lipinski definition) is 8. The fourth-order valence-corrected chi connectivity index (χ4v) is 5.98. The van der Waals surface area contributed by atoms with Crippen molar-refractivity contribution in [2.45, 2.75) is 45.7 Å². The number of aryl methyl sites for hydroxylation is 1. The molecule has 0 radical (unpaired) electrons. The minimum absolute atomic E-state index is 0.0442. The average molecular weight is 763 g/mol. The van der Waals surface area contributed by atoms with Gasteiger partial charge in [0.15, 0.2) is 11.5 Å². The second-order valence-corrected chi connectivity index (χ2v) is 12.4. The van der Waals surface area contributed by atoms with Crippen LogP contribution in [0.4, 0.5) is 8.78 Å². The van der Waals surface area contributed by atoms with E-state index in [1.165, 1.54) is 62.2 Å². The first kappa shape index (κ1) is 39.2. The van der Waals surface area contributed by atoms with Gasteiger partial charge >= 0.3 is 11.9 Å². The predicted molar refractivity (Wildman–Crippen MR) is 194 cm³/mol. The Bertz CT molecular complexity index is 2550. The van der Waals surface area contributed by atoms with Crippen LogP contribution in [0.2, 0.25) is 0 Å². The fourth-order valence-electron chi connectivity index (χ4n) is 5.98. The number of nitrogens with one attached hydrogen (secondary N) is 2. The smallest absolute Gasteiger partial charge is 0.322 e. The molecule has 0 bridgehead atoms. The lowest BCUT2D eigenvalue weighted by Crippen LogP contribution is -2.37. The molecule has 0 aliphatic rings. The number of unbranched alkanes of at least 4 members (excludes halogenated alkanes) is 3. The zero-order valence-electron chi connectivity index (χ0n) is 29.3. The van der Waals surface area contributed by atoms with Gasteiger partial charge in [0.25, 0.3) is 22.9 Å². The van der Waals surface area contributed by atoms with Gasteiger partial charge in [0.05, 0.1) is 12.1 Å². The normalized spacial score (nSPS) is 11.0. The number of carboxylic acid groups (broad SMARTS) is 2. The van der Waals surface area contributed by atoms with Crippen molar-refractivity contribution in [3.05, 3.63) is 116 Å². The summed E-state index contributed by atoms with van der Waals surface area (Å²) in [5, 5.41) is 42.9. The lowest BCUT2D eigenvalue weighted by Gasteiger charge is -2.15. The van der Waals surface area contributed by atoms with E-state index in [0.717, 1.165) is 30.4 Å². The molecule has 55 heavy (non-hydrogen) atoms. The van der Waals surface area contributed by atoms with Crippen molar-refractivity contribution < 1.29 is 48.4 Å². The third kappa shape index (κ3) is 8.48. The maximum atomic E-state index is 13.7. The zero-order valence-corrected chi connectivity index (χ0v) is 29.3. The van der Waals surface area contributed by atoms with Crippen molar-refractivity contribution in [1.82, 2.24) is 29.0 Å². The quantitative estimate of drug-likeness (QED) is 0.0942. The molecule has 0 saturated heterocycles. The van der Waals surface area contributed by atoms with E-state index in [1.54, 1.807) is 18.3 Å². The lowest BCUT2D eigenvalue weighted by atomic mass is 10.2. The van der Waals surface area contributed by atoms with Crippen molar-refractivity contribution in [1.29, 1.82) is 0 Å².